The molecule has 174 valence electrons. The third kappa shape index (κ3) is 5.58. The minimum Gasteiger partial charge on any atom is -0.342 e. The number of imidazole rings is 1. The van der Waals surface area contributed by atoms with Gasteiger partial charge in [0.15, 0.2) is 0 Å². The molecule has 0 unspecified atom stereocenters. The van der Waals surface area contributed by atoms with E-state index in [9.17, 15) is 9.59 Å². The maximum atomic E-state index is 13.2. The molecule has 2 amide bonds. The highest BCUT2D eigenvalue weighted by Gasteiger charge is 2.26. The number of piperidine rings is 1. The number of hydrogen-bond acceptors (Lipinski definition) is 4. The summed E-state index contributed by atoms with van der Waals surface area (Å²) in [5.41, 5.74) is 2.39. The van der Waals surface area contributed by atoms with Gasteiger partial charge in [0.1, 0.15) is 12.4 Å². The molecule has 6 nitrogen and oxygen atoms in total. The molecule has 0 aliphatic carbocycles. The van der Waals surface area contributed by atoms with Gasteiger partial charge >= 0.3 is 0 Å². The monoisotopic (exact) mass is 464 g/mol. The molecule has 7 heteroatoms. The summed E-state index contributed by atoms with van der Waals surface area (Å²) in [5.74, 6) is 2.28. The predicted octanol–water partition coefficient (Wildman–Crippen LogP) is 4.52. The van der Waals surface area contributed by atoms with E-state index in [1.54, 1.807) is 11.8 Å². The Morgan fingerprint density at radius 3 is 2.52 bits per heavy atom. The fourth-order valence-electron chi connectivity index (χ4n) is 4.35. The average Bonchev–Trinajstić information content (AvgIpc) is 3.20. The summed E-state index contributed by atoms with van der Waals surface area (Å²) < 4.78 is 2.01. The average molecular weight is 465 g/mol. The Bertz CT molecular complexity index is 1090. The lowest BCUT2D eigenvalue weighted by Gasteiger charge is -2.31. The first kappa shape index (κ1) is 23.4. The summed E-state index contributed by atoms with van der Waals surface area (Å²) in [6, 6.07) is 16.8. The zero-order chi connectivity index (χ0) is 23.2. The predicted molar refractivity (Wildman–Crippen MR) is 134 cm³/mol. The number of nitrogens with one attached hydrogen (secondary N) is 1. The van der Waals surface area contributed by atoms with Crippen molar-refractivity contribution in [2.24, 2.45) is 5.92 Å². The third-order valence-electron chi connectivity index (χ3n) is 6.38. The summed E-state index contributed by atoms with van der Waals surface area (Å²) in [4.78, 5) is 33.1. The molecule has 1 saturated heterocycles. The van der Waals surface area contributed by atoms with Crippen molar-refractivity contribution in [3.05, 3.63) is 66.0 Å². The highest BCUT2D eigenvalue weighted by molar-refractivity contribution is 7.98. The van der Waals surface area contributed by atoms with Crippen molar-refractivity contribution in [1.82, 2.24) is 19.8 Å². The Kier molecular flexibility index (Phi) is 7.70. The van der Waals surface area contributed by atoms with Gasteiger partial charge in [-0.2, -0.15) is 11.8 Å². The van der Waals surface area contributed by atoms with Crippen molar-refractivity contribution in [2.45, 2.75) is 38.8 Å². The second-order valence-electron chi connectivity index (χ2n) is 8.78. The van der Waals surface area contributed by atoms with Gasteiger partial charge in [0, 0.05) is 18.7 Å². The van der Waals surface area contributed by atoms with Gasteiger partial charge in [0.25, 0.3) is 5.91 Å². The van der Waals surface area contributed by atoms with E-state index in [2.05, 4.69) is 18.5 Å². The number of aromatic nitrogens is 2. The maximum absolute atomic E-state index is 13.2. The van der Waals surface area contributed by atoms with Crippen LogP contribution in [0.15, 0.2) is 54.6 Å². The first-order valence-corrected chi connectivity index (χ1v) is 13.0. The molecule has 1 fully saturated rings. The van der Waals surface area contributed by atoms with Crippen LogP contribution in [0.25, 0.3) is 11.0 Å². The van der Waals surface area contributed by atoms with Crippen LogP contribution in [0.3, 0.4) is 0 Å². The quantitative estimate of drug-likeness (QED) is 0.532. The Morgan fingerprint density at radius 1 is 1.09 bits per heavy atom. The molecular weight excluding hydrogens is 432 g/mol. The standard InChI is InChI=1S/C26H32N4O2S/c1-19-12-15-29(16-13-19)24(31)18-30-23-11-7-6-10-21(23)27-25(30)22(14-17-33-2)28-26(32)20-8-4-3-5-9-20/h3-11,19,22H,12-18H2,1-2H3,(H,28,32)/t22-/m0/s1. The molecule has 2 heterocycles. The van der Waals surface area contributed by atoms with Crippen molar-refractivity contribution in [3.8, 4) is 0 Å². The lowest BCUT2D eigenvalue weighted by atomic mass is 9.99. The van der Waals surface area contributed by atoms with E-state index in [1.807, 2.05) is 64.1 Å². The van der Waals surface area contributed by atoms with Crippen LogP contribution in [0.1, 0.15) is 48.4 Å². The van der Waals surface area contributed by atoms with E-state index in [1.165, 1.54) is 0 Å². The molecular formula is C26H32N4O2S. The van der Waals surface area contributed by atoms with Crippen LogP contribution in [0.4, 0.5) is 0 Å². The molecule has 3 aromatic rings. The van der Waals surface area contributed by atoms with Crippen molar-refractivity contribution in [1.29, 1.82) is 0 Å². The fraction of sp³-hybridized carbons (Fsp3) is 0.423. The molecule has 0 spiro atoms. The number of likely N-dealkylation sites (tertiary alicyclic amines) is 1. The largest absolute Gasteiger partial charge is 0.342 e. The normalized spacial score (nSPS) is 15.5. The van der Waals surface area contributed by atoms with E-state index in [0.29, 0.717) is 11.5 Å². The summed E-state index contributed by atoms with van der Waals surface area (Å²) in [6.45, 7) is 4.10. The highest BCUT2D eigenvalue weighted by atomic mass is 32.2. The zero-order valence-electron chi connectivity index (χ0n) is 19.4. The molecule has 0 saturated carbocycles. The van der Waals surface area contributed by atoms with E-state index in [4.69, 9.17) is 4.98 Å². The van der Waals surface area contributed by atoms with Crippen molar-refractivity contribution in [2.75, 3.05) is 25.1 Å². The van der Waals surface area contributed by atoms with Gasteiger partial charge in [-0.3, -0.25) is 9.59 Å². The molecule has 1 N–H and O–H groups in total. The second kappa shape index (κ2) is 10.9. The molecule has 1 aromatic heterocycles. The lowest BCUT2D eigenvalue weighted by Crippen LogP contribution is -2.40. The number of hydrogen-bond donors (Lipinski definition) is 1. The Labute approximate surface area is 199 Å². The number of rotatable bonds is 8. The van der Waals surface area contributed by atoms with Gasteiger partial charge < -0.3 is 14.8 Å². The second-order valence-corrected chi connectivity index (χ2v) is 9.77. The maximum Gasteiger partial charge on any atom is 0.251 e. The number of para-hydroxylation sites is 2. The van der Waals surface area contributed by atoms with Crippen molar-refractivity contribution in [3.63, 3.8) is 0 Å². The first-order chi connectivity index (χ1) is 16.1. The number of amides is 2. The first-order valence-electron chi connectivity index (χ1n) is 11.6. The van der Waals surface area contributed by atoms with E-state index in [0.717, 1.165) is 55.0 Å². The van der Waals surface area contributed by atoms with Crippen molar-refractivity contribution >= 4 is 34.6 Å². The van der Waals surface area contributed by atoms with Gasteiger partial charge in [-0.05, 0) is 61.5 Å². The van der Waals surface area contributed by atoms with Gasteiger partial charge in [0.05, 0.1) is 17.1 Å². The topological polar surface area (TPSA) is 67.2 Å². The molecule has 2 aromatic carbocycles. The molecule has 1 atom stereocenters. The van der Waals surface area contributed by atoms with Gasteiger partial charge in [0.2, 0.25) is 5.91 Å². The van der Waals surface area contributed by atoms with Crippen LogP contribution >= 0.6 is 11.8 Å². The Morgan fingerprint density at radius 2 is 1.79 bits per heavy atom. The van der Waals surface area contributed by atoms with Gasteiger partial charge in [-0.1, -0.05) is 37.3 Å². The minimum absolute atomic E-state index is 0.115. The van der Waals surface area contributed by atoms with Crippen molar-refractivity contribution < 1.29 is 9.59 Å². The number of carbonyl (C=O) groups excluding carboxylic acids is 2. The van der Waals surface area contributed by atoms with E-state index < -0.39 is 0 Å². The highest BCUT2D eigenvalue weighted by Crippen LogP contribution is 2.25. The molecule has 4 rings (SSSR count). The van der Waals surface area contributed by atoms with Gasteiger partial charge in [-0.25, -0.2) is 4.98 Å². The van der Waals surface area contributed by atoms with Crippen LogP contribution in [-0.4, -0.2) is 51.4 Å². The summed E-state index contributed by atoms with van der Waals surface area (Å²) >= 11 is 1.73. The summed E-state index contributed by atoms with van der Waals surface area (Å²) in [7, 11) is 0. The SMILES string of the molecule is CSCC[C@H](NC(=O)c1ccccc1)c1nc2ccccc2n1CC(=O)N1CCC(C)CC1. The summed E-state index contributed by atoms with van der Waals surface area (Å²) in [5, 5.41) is 3.18. The van der Waals surface area contributed by atoms with E-state index in [-0.39, 0.29) is 24.4 Å². The number of benzene rings is 2. The molecule has 0 radical (unpaired) electrons. The molecule has 33 heavy (non-hydrogen) atoms. The number of thioether (sulfide) groups is 1. The molecule has 1 aliphatic heterocycles. The number of carbonyl (C=O) groups is 2. The third-order valence-corrected chi connectivity index (χ3v) is 7.02. The lowest BCUT2D eigenvalue weighted by molar-refractivity contribution is -0.133. The smallest absolute Gasteiger partial charge is 0.251 e. The van der Waals surface area contributed by atoms with Gasteiger partial charge in [-0.15, -0.1) is 0 Å². The van der Waals surface area contributed by atoms with E-state index >= 15 is 0 Å². The molecule has 1 aliphatic rings. The van der Waals surface area contributed by atoms with Crippen LogP contribution in [0, 0.1) is 5.92 Å². The van der Waals surface area contributed by atoms with Crippen LogP contribution < -0.4 is 5.32 Å². The minimum atomic E-state index is -0.285. The Balaban J connectivity index is 1.64. The van der Waals surface area contributed by atoms with Crippen LogP contribution in [0.2, 0.25) is 0 Å². The fourth-order valence-corrected chi connectivity index (χ4v) is 4.82. The zero-order valence-corrected chi connectivity index (χ0v) is 20.2. The van der Waals surface area contributed by atoms with Crippen LogP contribution in [-0.2, 0) is 11.3 Å². The summed E-state index contributed by atoms with van der Waals surface area (Å²) in [6.07, 6.45) is 4.89. The number of nitrogens with zero attached hydrogens (tertiary/aromatic N) is 3. The molecule has 0 bridgehead atoms. The Hall–Kier alpha value is -2.80. The number of fused-ring (bicyclic) bond motifs is 1. The van der Waals surface area contributed by atoms with Crippen LogP contribution in [0.5, 0.6) is 0 Å².